The number of fused-ring (bicyclic) bond motifs is 3. The van der Waals surface area contributed by atoms with Crippen LogP contribution >= 0.6 is 35.0 Å². The highest BCUT2D eigenvalue weighted by Gasteiger charge is 2.50. The second-order valence-corrected chi connectivity index (χ2v) is 10.3. The van der Waals surface area contributed by atoms with Gasteiger partial charge >= 0.3 is 0 Å². The van der Waals surface area contributed by atoms with Gasteiger partial charge in [0.25, 0.3) is 5.69 Å². The lowest BCUT2D eigenvalue weighted by Gasteiger charge is -2.38. The van der Waals surface area contributed by atoms with Crippen molar-refractivity contribution in [2.75, 3.05) is 5.32 Å². The first kappa shape index (κ1) is 21.6. The number of hydrogen-bond acceptors (Lipinski definition) is 4. The van der Waals surface area contributed by atoms with Gasteiger partial charge in [0.1, 0.15) is 5.82 Å². The average molecular weight is 489 g/mol. The summed E-state index contributed by atoms with van der Waals surface area (Å²) in [6, 6.07) is 19.0. The van der Waals surface area contributed by atoms with Crippen molar-refractivity contribution in [2.45, 2.75) is 33.9 Å². The van der Waals surface area contributed by atoms with Gasteiger partial charge in [-0.1, -0.05) is 48.0 Å². The second kappa shape index (κ2) is 8.58. The number of anilines is 1. The van der Waals surface area contributed by atoms with E-state index in [4.69, 9.17) is 23.2 Å². The van der Waals surface area contributed by atoms with Crippen molar-refractivity contribution in [3.05, 3.63) is 98.8 Å². The number of hydrogen-bond donors (Lipinski definition) is 1. The number of alkyl halides is 1. The number of benzene rings is 3. The fraction of sp³-hybridized carbons (Fsp3) is 0.250. The number of nitro groups is 1. The van der Waals surface area contributed by atoms with Crippen LogP contribution in [-0.4, -0.2) is 15.6 Å². The minimum absolute atomic E-state index is 0.0157. The Kier molecular flexibility index (Phi) is 5.78. The zero-order chi connectivity index (χ0) is 22.4. The number of thioether (sulfide) groups is 1. The number of nitrogens with one attached hydrogen (secondary N) is 1. The molecule has 0 bridgehead atoms. The molecule has 0 radical (unpaired) electrons. The Bertz CT molecular complexity index is 1180. The van der Waals surface area contributed by atoms with E-state index in [2.05, 4.69) is 5.32 Å². The van der Waals surface area contributed by atoms with Crippen molar-refractivity contribution in [3.8, 4) is 0 Å². The molecule has 3 aromatic rings. The Hall–Kier alpha value is -2.28. The van der Waals surface area contributed by atoms with Crippen LogP contribution in [0.3, 0.4) is 0 Å². The van der Waals surface area contributed by atoms with Gasteiger partial charge in [0.05, 0.1) is 31.9 Å². The van der Waals surface area contributed by atoms with Gasteiger partial charge in [-0.25, -0.2) is 4.39 Å². The summed E-state index contributed by atoms with van der Waals surface area (Å²) in [6.45, 7) is 0. The van der Waals surface area contributed by atoms with E-state index in [1.807, 2.05) is 18.2 Å². The number of halogens is 3. The average Bonchev–Trinajstić information content (AvgIpc) is 3.11. The number of para-hydroxylation sites is 2. The lowest BCUT2D eigenvalue weighted by Crippen LogP contribution is -2.31. The molecule has 1 saturated carbocycles. The largest absolute Gasteiger partial charge is 0.376 e. The molecule has 0 amide bonds. The summed E-state index contributed by atoms with van der Waals surface area (Å²) >= 11 is 15.1. The molecule has 1 aliphatic carbocycles. The molecule has 1 fully saturated rings. The molecule has 0 saturated heterocycles. The molecule has 5 atom stereocenters. The molecule has 5 rings (SSSR count). The second-order valence-electron chi connectivity index (χ2n) is 8.13. The molecule has 3 aromatic carbocycles. The van der Waals surface area contributed by atoms with E-state index in [-0.39, 0.29) is 44.9 Å². The molecule has 0 spiro atoms. The van der Waals surface area contributed by atoms with Gasteiger partial charge in [-0.2, -0.15) is 0 Å². The molecule has 4 nitrogen and oxygen atoms in total. The quantitative estimate of drug-likeness (QED) is 0.235. The van der Waals surface area contributed by atoms with E-state index in [1.165, 1.54) is 30.0 Å². The van der Waals surface area contributed by atoms with Crippen LogP contribution in [0, 0.1) is 21.8 Å². The Morgan fingerprint density at radius 3 is 2.56 bits per heavy atom. The summed E-state index contributed by atoms with van der Waals surface area (Å²) in [5, 5.41) is 15.4. The summed E-state index contributed by atoms with van der Waals surface area (Å²) in [6.07, 6.45) is 0.760. The van der Waals surface area contributed by atoms with Crippen molar-refractivity contribution in [3.63, 3.8) is 0 Å². The number of nitrogens with zero attached hydrogens (tertiary/aromatic N) is 1. The summed E-state index contributed by atoms with van der Waals surface area (Å²) in [5.41, 5.74) is 2.97. The van der Waals surface area contributed by atoms with Crippen LogP contribution in [0.25, 0.3) is 0 Å². The van der Waals surface area contributed by atoms with Crippen molar-refractivity contribution in [2.24, 2.45) is 5.92 Å². The number of rotatable bonds is 4. The highest BCUT2D eigenvalue weighted by Crippen LogP contribution is 2.58. The van der Waals surface area contributed by atoms with Crippen molar-refractivity contribution >= 4 is 46.3 Å². The van der Waals surface area contributed by atoms with Gasteiger partial charge in [0.2, 0.25) is 0 Å². The molecular formula is C24H19Cl2FN2O2S. The first-order chi connectivity index (χ1) is 15.4. The fourth-order valence-electron chi connectivity index (χ4n) is 4.98. The maximum atomic E-state index is 13.6. The van der Waals surface area contributed by atoms with Gasteiger partial charge in [-0.15, -0.1) is 23.4 Å². The third-order valence-electron chi connectivity index (χ3n) is 6.37. The van der Waals surface area contributed by atoms with Crippen LogP contribution < -0.4 is 5.32 Å². The molecule has 32 heavy (non-hydrogen) atoms. The van der Waals surface area contributed by atoms with E-state index < -0.39 is 0 Å². The predicted octanol–water partition coefficient (Wildman–Crippen LogP) is 7.43. The summed E-state index contributed by atoms with van der Waals surface area (Å²) in [4.78, 5) is 11.8. The van der Waals surface area contributed by atoms with Crippen LogP contribution in [0.15, 0.2) is 71.6 Å². The molecule has 8 heteroatoms. The Balaban J connectivity index is 1.54. The van der Waals surface area contributed by atoms with E-state index >= 15 is 0 Å². The van der Waals surface area contributed by atoms with E-state index in [0.29, 0.717) is 9.92 Å². The third kappa shape index (κ3) is 3.74. The zero-order valence-electron chi connectivity index (χ0n) is 16.8. The van der Waals surface area contributed by atoms with Crippen molar-refractivity contribution in [1.82, 2.24) is 0 Å². The lowest BCUT2D eigenvalue weighted by molar-refractivity contribution is -0.387. The standard InChI is InChI=1S/C24H19Cl2FN2O2S/c25-17-5-3-4-15-21-16(23(28-24(15)17)13-8-10-14(27)11-9-13)12-20(22(21)26)32-19-7-2-1-6-18(19)29(30)31/h1-11,16,20-23,28H,12H2. The van der Waals surface area contributed by atoms with Gasteiger partial charge in [0.15, 0.2) is 0 Å². The Labute approximate surface area is 199 Å². The van der Waals surface area contributed by atoms with Crippen LogP contribution in [0.4, 0.5) is 15.8 Å². The summed E-state index contributed by atoms with van der Waals surface area (Å²) < 4.78 is 13.6. The molecule has 2 aliphatic rings. The van der Waals surface area contributed by atoms with Gasteiger partial charge in [0, 0.05) is 17.2 Å². The first-order valence-electron chi connectivity index (χ1n) is 10.3. The summed E-state index contributed by atoms with van der Waals surface area (Å²) in [5.74, 6) is -0.137. The van der Waals surface area contributed by atoms with Crippen LogP contribution in [-0.2, 0) is 0 Å². The lowest BCUT2D eigenvalue weighted by atomic mass is 9.77. The summed E-state index contributed by atoms with van der Waals surface area (Å²) in [7, 11) is 0. The minimum Gasteiger partial charge on any atom is -0.376 e. The first-order valence-corrected chi connectivity index (χ1v) is 12.0. The molecule has 1 heterocycles. The predicted molar refractivity (Wildman–Crippen MR) is 127 cm³/mol. The molecular weight excluding hydrogens is 470 g/mol. The van der Waals surface area contributed by atoms with Crippen LogP contribution in [0.5, 0.6) is 0 Å². The van der Waals surface area contributed by atoms with Crippen LogP contribution in [0.2, 0.25) is 5.02 Å². The van der Waals surface area contributed by atoms with E-state index in [1.54, 1.807) is 30.3 Å². The third-order valence-corrected chi connectivity index (χ3v) is 8.79. The molecule has 0 aromatic heterocycles. The molecule has 164 valence electrons. The maximum Gasteiger partial charge on any atom is 0.282 e. The Morgan fingerprint density at radius 2 is 1.81 bits per heavy atom. The highest BCUT2D eigenvalue weighted by atomic mass is 35.5. The minimum atomic E-state index is -0.356. The molecule has 1 N–H and O–H groups in total. The van der Waals surface area contributed by atoms with Gasteiger partial charge < -0.3 is 5.32 Å². The van der Waals surface area contributed by atoms with E-state index in [0.717, 1.165) is 23.2 Å². The highest BCUT2D eigenvalue weighted by molar-refractivity contribution is 8.00. The van der Waals surface area contributed by atoms with Crippen molar-refractivity contribution < 1.29 is 9.31 Å². The van der Waals surface area contributed by atoms with E-state index in [9.17, 15) is 14.5 Å². The van der Waals surface area contributed by atoms with Gasteiger partial charge in [-0.05, 0) is 47.7 Å². The monoisotopic (exact) mass is 488 g/mol. The Morgan fingerprint density at radius 1 is 1.06 bits per heavy atom. The molecule has 1 aliphatic heterocycles. The normalized spacial score (nSPS) is 26.2. The van der Waals surface area contributed by atoms with Crippen LogP contribution in [0.1, 0.15) is 29.5 Å². The smallest absolute Gasteiger partial charge is 0.282 e. The van der Waals surface area contributed by atoms with Crippen molar-refractivity contribution in [1.29, 1.82) is 0 Å². The number of nitro benzene ring substituents is 1. The SMILES string of the molecule is O=[N+]([O-])c1ccccc1SC1CC2C(c3ccc(F)cc3)Nc3c(Cl)cccc3C2C1Cl. The zero-order valence-corrected chi connectivity index (χ0v) is 19.1. The maximum absolute atomic E-state index is 13.6. The van der Waals surface area contributed by atoms with Gasteiger partial charge in [-0.3, -0.25) is 10.1 Å². The molecule has 5 unspecified atom stereocenters. The topological polar surface area (TPSA) is 55.2 Å². The fourth-order valence-corrected chi connectivity index (χ4v) is 7.16.